The van der Waals surface area contributed by atoms with Crippen molar-refractivity contribution in [3.63, 3.8) is 0 Å². The summed E-state index contributed by atoms with van der Waals surface area (Å²) in [5.41, 5.74) is 19.1. The first-order chi connectivity index (χ1) is 41.5. The molecule has 46 heteroatoms. The Morgan fingerprint density at radius 2 is 0.764 bits per heavy atom. The number of ether oxygens (including phenoxy) is 12. The van der Waals surface area contributed by atoms with Gasteiger partial charge in [-0.2, -0.15) is 25.3 Å². The second-order valence-electron chi connectivity index (χ2n) is 20.4. The Labute approximate surface area is 500 Å². The lowest BCUT2D eigenvalue weighted by molar-refractivity contribution is -0.376. The normalized spacial score (nSPS) is 43.5. The van der Waals surface area contributed by atoms with Crippen molar-refractivity contribution in [2.75, 3.05) is 19.8 Å². The molecule has 6 heterocycles. The predicted octanol–water partition coefficient (Wildman–Crippen LogP) is -12.2. The van der Waals surface area contributed by atoms with E-state index in [1.807, 2.05) is 0 Å². The minimum Gasteiger partial charge on any atom is -0.479 e. The summed E-state index contributed by atoms with van der Waals surface area (Å²) in [6, 6.07) is 1.81. The molecule has 7 rings (SSSR count). The average molecular weight is 1360 g/mol. The van der Waals surface area contributed by atoms with Crippen molar-refractivity contribution < 1.29 is 189 Å². The van der Waals surface area contributed by atoms with Crippen molar-refractivity contribution in [1.29, 1.82) is 0 Å². The van der Waals surface area contributed by atoms with Gasteiger partial charge in [0.05, 0.1) is 44.6 Å². The third-order valence-corrected chi connectivity index (χ3v) is 15.8. The van der Waals surface area contributed by atoms with Crippen LogP contribution < -0.4 is 17.2 Å². The van der Waals surface area contributed by atoms with Gasteiger partial charge in [0.25, 0.3) is 0 Å². The van der Waals surface area contributed by atoms with Gasteiger partial charge < -0.3 is 140 Å². The van der Waals surface area contributed by atoms with Crippen molar-refractivity contribution in [2.24, 2.45) is 17.2 Å². The van der Waals surface area contributed by atoms with Crippen molar-refractivity contribution in [3.8, 4) is 0 Å². The van der Waals surface area contributed by atoms with E-state index in [0.717, 1.165) is 0 Å². The highest BCUT2D eigenvalue weighted by molar-refractivity contribution is 7.81. The predicted molar refractivity (Wildman–Crippen MR) is 267 cm³/mol. The van der Waals surface area contributed by atoms with Crippen LogP contribution in [0.4, 0.5) is 0 Å². The molecule has 30 atom stereocenters. The second-order valence-corrected chi connectivity index (χ2v) is 23.5. The van der Waals surface area contributed by atoms with Crippen LogP contribution in [0.5, 0.6) is 0 Å². The van der Waals surface area contributed by atoms with E-state index in [1.165, 1.54) is 24.3 Å². The van der Waals surface area contributed by atoms with Gasteiger partial charge in [-0.15, -0.1) is 0 Å². The molecule has 22 N–H and O–H groups in total. The van der Waals surface area contributed by atoms with E-state index in [-0.39, 0.29) is 0 Å². The first-order valence-electron chi connectivity index (χ1n) is 25.9. The SMILES string of the molecule is N[C@H]1[C@@H](O[C@H]2[C@H](O)[C@@H](OS(=O)(=O)O)[C@H](O[C@H]3[C@H](OCc4ccccc4)[C@@H](N)[C@@H](O[C@H]4[C@H](O)[C@@H](OS(=O)(=O)O)[C@H](O[C@H]5[C@H](O)[C@@H](N)[C@@H](O[C@H]6[C@H](O)[C@@H](OS(=O)(=O)O)[C@H](O)O[C@H]6C(=O)O)O[C@@H]5CO)O[C@H]4C(=O)O)O[C@@H]3CO)O[C@H]2C(=O)O)O[C@H](CO)[C@@H](O)[C@@H]1O. The van der Waals surface area contributed by atoms with Crippen molar-refractivity contribution in [3.05, 3.63) is 35.9 Å². The number of carboxylic acids is 3. The largest absolute Gasteiger partial charge is 0.479 e. The third-order valence-electron chi connectivity index (χ3n) is 14.5. The molecule has 0 aromatic heterocycles. The van der Waals surface area contributed by atoms with Crippen molar-refractivity contribution in [1.82, 2.24) is 0 Å². The Hall–Kier alpha value is -3.76. The van der Waals surface area contributed by atoms with Gasteiger partial charge in [-0.1, -0.05) is 30.3 Å². The maximum Gasteiger partial charge on any atom is 0.397 e. The Morgan fingerprint density at radius 3 is 1.19 bits per heavy atom. The standard InChI is InChI=1S/C43H65N3O40S3/c44-14-18(51)17(50)11(6-47)73-39(14)80-27-21(54)31(86-89(69,70)71)43(83-33(27)36(58)59)78-24-13(8-49)75-41(16(46)25(24)72-9-10-4-2-1-3-5-10)81-28-22(55)30(85-88(66,67)68)42(82-34(28)37(60)61)77-23-12(7-48)74-40(15(45)19(23)52)79-26-20(53)29(84-87(63,64)65)38(62)76-32(26)35(56)57/h1-5,11-34,38-43,47-55,62H,6-9,44-46H2,(H,56,57)(H,58,59)(H,60,61)(H,63,64,65)(H,66,67,68)(H,69,70,71)/t11-,12-,13-,14-,15-,16-,17-,18-,19-,20+,21+,22+,23-,24-,25-,26+,27+,28+,29-,30-,31-,32-,33-,34-,38-,39-,40-,41-,42-,43-/m1/s1. The van der Waals surface area contributed by atoms with Crippen LogP contribution in [0.1, 0.15) is 5.56 Å². The van der Waals surface area contributed by atoms with Gasteiger partial charge in [0.2, 0.25) is 0 Å². The Balaban J connectivity index is 1.16. The number of aliphatic hydroxyl groups excluding tert-OH is 10. The molecule has 1 aromatic rings. The van der Waals surface area contributed by atoms with Gasteiger partial charge in [-0.3, -0.25) is 13.7 Å². The zero-order valence-corrected chi connectivity index (χ0v) is 47.4. The molecule has 43 nitrogen and oxygen atoms in total. The highest BCUT2D eigenvalue weighted by Crippen LogP contribution is 2.39. The number of nitrogens with two attached hydrogens (primary N) is 3. The average Bonchev–Trinajstić information content (AvgIpc) is 2.03. The fourth-order valence-corrected chi connectivity index (χ4v) is 11.7. The summed E-state index contributed by atoms with van der Waals surface area (Å²) in [5.74, 6) is -6.12. The van der Waals surface area contributed by atoms with E-state index in [4.69, 9.17) is 74.0 Å². The number of carbonyl (C=O) groups is 3. The molecule has 1 aromatic carbocycles. The van der Waals surface area contributed by atoms with Crippen molar-refractivity contribution >= 4 is 49.1 Å². The molecular weight excluding hydrogens is 1290 g/mol. The van der Waals surface area contributed by atoms with E-state index in [9.17, 15) is 120 Å². The van der Waals surface area contributed by atoms with Crippen LogP contribution in [0.2, 0.25) is 0 Å². The summed E-state index contributed by atoms with van der Waals surface area (Å²) in [6.45, 7) is -4.07. The fourth-order valence-electron chi connectivity index (χ4n) is 10.2. The lowest BCUT2D eigenvalue weighted by Crippen LogP contribution is -2.70. The topological polar surface area (TPSA) is 694 Å². The number of benzene rings is 1. The van der Waals surface area contributed by atoms with Crippen molar-refractivity contribution in [2.45, 2.75) is 191 Å². The van der Waals surface area contributed by atoms with Gasteiger partial charge in [0.15, 0.2) is 74.4 Å². The Kier molecular flexibility index (Phi) is 24.2. The first-order valence-corrected chi connectivity index (χ1v) is 30.0. The van der Waals surface area contributed by atoms with Gasteiger partial charge in [-0.25, -0.2) is 26.9 Å². The van der Waals surface area contributed by atoms with Gasteiger partial charge in [0.1, 0.15) is 91.6 Å². The van der Waals surface area contributed by atoms with Crippen LogP contribution in [-0.4, -0.2) is 327 Å². The van der Waals surface area contributed by atoms with E-state index in [0.29, 0.717) is 5.56 Å². The maximum atomic E-state index is 13.1. The number of aliphatic hydroxyl groups is 10. The molecule has 89 heavy (non-hydrogen) atoms. The Morgan fingerprint density at radius 1 is 0.404 bits per heavy atom. The summed E-state index contributed by atoms with van der Waals surface area (Å²) >= 11 is 0. The third kappa shape index (κ3) is 17.2. The minimum absolute atomic E-state index is 0.349. The molecule has 6 saturated heterocycles. The molecule has 6 fully saturated rings. The number of aliphatic carboxylic acids is 3. The molecular formula is C43H65N3O40S3. The lowest BCUT2D eigenvalue weighted by atomic mass is 9.94. The molecule has 510 valence electrons. The first kappa shape index (κ1) is 72.7. The summed E-state index contributed by atoms with van der Waals surface area (Å²) < 4.78 is 182. The molecule has 0 saturated carbocycles. The summed E-state index contributed by atoms with van der Waals surface area (Å²) in [4.78, 5) is 38.0. The molecule has 0 unspecified atom stereocenters. The zero-order chi connectivity index (χ0) is 66.1. The van der Waals surface area contributed by atoms with Crippen LogP contribution in [-0.2, 0) is 122 Å². The van der Waals surface area contributed by atoms with Crippen LogP contribution in [0.3, 0.4) is 0 Å². The van der Waals surface area contributed by atoms with Crippen LogP contribution in [0.25, 0.3) is 0 Å². The maximum absolute atomic E-state index is 13.1. The van der Waals surface area contributed by atoms with Crippen LogP contribution in [0.15, 0.2) is 30.3 Å². The smallest absolute Gasteiger partial charge is 0.397 e. The minimum atomic E-state index is -5.85. The van der Waals surface area contributed by atoms with E-state index >= 15 is 0 Å². The number of hydrogen-bond donors (Lipinski definition) is 19. The van der Waals surface area contributed by atoms with E-state index in [1.54, 1.807) is 6.07 Å². The van der Waals surface area contributed by atoms with Crippen LogP contribution >= 0.6 is 0 Å². The number of rotatable bonds is 25. The van der Waals surface area contributed by atoms with E-state index in [2.05, 4.69) is 12.5 Å². The molecule has 0 spiro atoms. The quantitative estimate of drug-likeness (QED) is 0.0404. The second kappa shape index (κ2) is 29.7. The number of carboxylic acid groups (broad SMARTS) is 3. The molecule has 0 amide bonds. The summed E-state index contributed by atoms with van der Waals surface area (Å²) in [6.07, 6.45) is -63.1. The molecule has 0 bridgehead atoms. The summed E-state index contributed by atoms with van der Waals surface area (Å²) in [5, 5.41) is 138. The lowest BCUT2D eigenvalue weighted by Gasteiger charge is -2.50. The van der Waals surface area contributed by atoms with Gasteiger partial charge >= 0.3 is 49.1 Å². The molecule has 6 aliphatic rings. The highest BCUT2D eigenvalue weighted by Gasteiger charge is 2.61. The molecule has 6 aliphatic heterocycles. The van der Waals surface area contributed by atoms with Gasteiger partial charge in [-0.05, 0) is 5.56 Å². The molecule has 0 radical (unpaired) electrons. The Bertz CT molecular complexity index is 2890. The van der Waals surface area contributed by atoms with E-state index < -0.39 is 260 Å². The zero-order valence-electron chi connectivity index (χ0n) is 44.9. The fraction of sp³-hybridized carbons (Fsp3) is 0.791. The highest BCUT2D eigenvalue weighted by atomic mass is 32.3. The monoisotopic (exact) mass is 1360 g/mol. The summed E-state index contributed by atoms with van der Waals surface area (Å²) in [7, 11) is -17.1. The molecule has 0 aliphatic carbocycles. The van der Waals surface area contributed by atoms with Gasteiger partial charge in [0, 0.05) is 0 Å². The number of hydrogen-bond acceptors (Lipinski definition) is 37. The van der Waals surface area contributed by atoms with Crippen LogP contribution in [0, 0.1) is 0 Å².